The zero-order chi connectivity index (χ0) is 17.1. The van der Waals surface area contributed by atoms with Gasteiger partial charge in [-0.3, -0.25) is 0 Å². The van der Waals surface area contributed by atoms with E-state index in [0.29, 0.717) is 12.1 Å². The van der Waals surface area contributed by atoms with E-state index in [1.165, 1.54) is 6.07 Å². The summed E-state index contributed by atoms with van der Waals surface area (Å²) in [5.41, 5.74) is 1.65. The fourth-order valence-electron chi connectivity index (χ4n) is 2.04. The lowest BCUT2D eigenvalue weighted by Crippen LogP contribution is -2.41. The number of benzene rings is 1. The lowest BCUT2D eigenvalue weighted by molar-refractivity contribution is 0.162. The number of nitrogens with zero attached hydrogens (tertiary/aromatic N) is 2. The van der Waals surface area contributed by atoms with Gasteiger partial charge in [-0.25, -0.2) is 9.38 Å². The summed E-state index contributed by atoms with van der Waals surface area (Å²) in [6.45, 7) is 8.46. The van der Waals surface area contributed by atoms with Gasteiger partial charge in [0.05, 0.1) is 13.2 Å². The monoisotopic (exact) mass is 452 g/mol. The average Bonchev–Trinajstić information content (AvgIpc) is 2.53. The van der Waals surface area contributed by atoms with E-state index in [4.69, 9.17) is 4.74 Å². The van der Waals surface area contributed by atoms with Gasteiger partial charge >= 0.3 is 0 Å². The van der Waals surface area contributed by atoms with E-state index >= 15 is 0 Å². The Hall–Kier alpha value is -0.930. The number of ether oxygens (including phenoxy) is 1. The van der Waals surface area contributed by atoms with Crippen molar-refractivity contribution in [2.45, 2.75) is 20.4 Å². The van der Waals surface area contributed by atoms with Crippen LogP contribution in [0.5, 0.6) is 0 Å². The minimum Gasteiger partial charge on any atom is -0.383 e. The summed E-state index contributed by atoms with van der Waals surface area (Å²) >= 11 is 0. The second kappa shape index (κ2) is 13.4. The van der Waals surface area contributed by atoms with Crippen LogP contribution in [0.2, 0.25) is 0 Å². The Balaban J connectivity index is 0.00000529. The SMILES string of the molecule is CCNC(=NCc1ccc(F)c(C)c1)NCCN(C)CCOC.I. The second-order valence-electron chi connectivity index (χ2n) is 5.50. The van der Waals surface area contributed by atoms with Crippen LogP contribution in [0.4, 0.5) is 4.39 Å². The molecule has 2 N–H and O–H groups in total. The zero-order valence-electron chi connectivity index (χ0n) is 15.1. The molecular weight excluding hydrogens is 422 g/mol. The molecule has 5 nitrogen and oxygen atoms in total. The van der Waals surface area contributed by atoms with Crippen LogP contribution in [0.25, 0.3) is 0 Å². The number of guanidine groups is 1. The summed E-state index contributed by atoms with van der Waals surface area (Å²) < 4.78 is 18.3. The van der Waals surface area contributed by atoms with Gasteiger partial charge in [-0.15, -0.1) is 24.0 Å². The quantitative estimate of drug-likeness (QED) is 0.343. The third-order valence-electron chi connectivity index (χ3n) is 3.45. The normalized spacial score (nSPS) is 11.3. The molecule has 7 heteroatoms. The van der Waals surface area contributed by atoms with Gasteiger partial charge in [0, 0.05) is 33.3 Å². The van der Waals surface area contributed by atoms with Crippen LogP contribution in [-0.2, 0) is 11.3 Å². The largest absolute Gasteiger partial charge is 0.383 e. The zero-order valence-corrected chi connectivity index (χ0v) is 17.4. The first-order chi connectivity index (χ1) is 11.1. The number of aliphatic imine (C=N–C) groups is 1. The molecule has 0 atom stereocenters. The molecule has 0 amide bonds. The molecule has 0 radical (unpaired) electrons. The summed E-state index contributed by atoms with van der Waals surface area (Å²) in [6, 6.07) is 5.10. The summed E-state index contributed by atoms with van der Waals surface area (Å²) in [5.74, 6) is 0.594. The highest BCUT2D eigenvalue weighted by Crippen LogP contribution is 2.09. The highest BCUT2D eigenvalue weighted by atomic mass is 127. The molecule has 0 aromatic heterocycles. The molecule has 0 heterocycles. The lowest BCUT2D eigenvalue weighted by atomic mass is 10.1. The highest BCUT2D eigenvalue weighted by Gasteiger charge is 2.02. The molecule has 0 aliphatic heterocycles. The van der Waals surface area contributed by atoms with Gasteiger partial charge in [0.1, 0.15) is 5.82 Å². The predicted octanol–water partition coefficient (Wildman–Crippen LogP) is 2.39. The number of methoxy groups -OCH3 is 1. The minimum absolute atomic E-state index is 0. The van der Waals surface area contributed by atoms with Crippen LogP contribution in [0.15, 0.2) is 23.2 Å². The summed E-state index contributed by atoms with van der Waals surface area (Å²) in [6.07, 6.45) is 0. The smallest absolute Gasteiger partial charge is 0.191 e. The average molecular weight is 452 g/mol. The molecule has 1 rings (SSSR count). The number of halogens is 2. The van der Waals surface area contributed by atoms with Crippen molar-refractivity contribution in [2.24, 2.45) is 4.99 Å². The van der Waals surface area contributed by atoms with Gasteiger partial charge in [-0.2, -0.15) is 0 Å². The highest BCUT2D eigenvalue weighted by molar-refractivity contribution is 14.0. The Morgan fingerprint density at radius 1 is 1.29 bits per heavy atom. The maximum atomic E-state index is 13.3. The first-order valence-electron chi connectivity index (χ1n) is 8.01. The third kappa shape index (κ3) is 9.39. The van der Waals surface area contributed by atoms with E-state index < -0.39 is 0 Å². The fraction of sp³-hybridized carbons (Fsp3) is 0.588. The number of hydrogen-bond acceptors (Lipinski definition) is 3. The van der Waals surface area contributed by atoms with Crippen LogP contribution >= 0.6 is 24.0 Å². The lowest BCUT2D eigenvalue weighted by Gasteiger charge is -2.17. The third-order valence-corrected chi connectivity index (χ3v) is 3.45. The Kier molecular flexibility index (Phi) is 12.9. The van der Waals surface area contributed by atoms with Crippen LogP contribution in [-0.4, -0.2) is 57.8 Å². The Morgan fingerprint density at radius 3 is 2.67 bits per heavy atom. The van der Waals surface area contributed by atoms with Gasteiger partial charge in [0.15, 0.2) is 5.96 Å². The van der Waals surface area contributed by atoms with Crippen LogP contribution in [0.3, 0.4) is 0 Å². The molecule has 1 aromatic carbocycles. The van der Waals surface area contributed by atoms with Crippen molar-refractivity contribution < 1.29 is 9.13 Å². The molecule has 1 aromatic rings. The molecule has 0 unspecified atom stereocenters. The molecule has 0 aliphatic rings. The molecule has 24 heavy (non-hydrogen) atoms. The number of nitrogens with one attached hydrogen (secondary N) is 2. The number of aryl methyl sites for hydroxylation is 1. The molecule has 0 saturated carbocycles. The molecule has 0 bridgehead atoms. The maximum Gasteiger partial charge on any atom is 0.191 e. The van der Waals surface area contributed by atoms with Crippen LogP contribution in [0.1, 0.15) is 18.1 Å². The van der Waals surface area contributed by atoms with Gasteiger partial charge < -0.3 is 20.3 Å². The van der Waals surface area contributed by atoms with Crippen molar-refractivity contribution in [1.29, 1.82) is 0 Å². The molecule has 138 valence electrons. The van der Waals surface area contributed by atoms with Crippen molar-refractivity contribution in [1.82, 2.24) is 15.5 Å². The van der Waals surface area contributed by atoms with Crippen LogP contribution < -0.4 is 10.6 Å². The van der Waals surface area contributed by atoms with E-state index in [1.807, 2.05) is 13.0 Å². The Morgan fingerprint density at radius 2 is 2.04 bits per heavy atom. The molecule has 0 spiro atoms. The van der Waals surface area contributed by atoms with Gasteiger partial charge in [0.2, 0.25) is 0 Å². The Labute approximate surface area is 162 Å². The van der Waals surface area contributed by atoms with E-state index in [2.05, 4.69) is 27.6 Å². The van der Waals surface area contributed by atoms with E-state index in [1.54, 1.807) is 20.1 Å². The van der Waals surface area contributed by atoms with Crippen molar-refractivity contribution in [3.63, 3.8) is 0 Å². The molecule has 0 aliphatic carbocycles. The molecule has 0 fully saturated rings. The first-order valence-corrected chi connectivity index (χ1v) is 8.01. The number of likely N-dealkylation sites (N-methyl/N-ethyl adjacent to an activating group) is 1. The maximum absolute atomic E-state index is 13.3. The summed E-state index contributed by atoms with van der Waals surface area (Å²) in [5, 5.41) is 6.52. The fourth-order valence-corrected chi connectivity index (χ4v) is 2.04. The van der Waals surface area contributed by atoms with Gasteiger partial charge in [0.25, 0.3) is 0 Å². The minimum atomic E-state index is -0.179. The van der Waals surface area contributed by atoms with E-state index in [0.717, 1.165) is 44.3 Å². The summed E-state index contributed by atoms with van der Waals surface area (Å²) in [7, 11) is 3.77. The second-order valence-corrected chi connectivity index (χ2v) is 5.50. The van der Waals surface area contributed by atoms with E-state index in [-0.39, 0.29) is 29.8 Å². The first kappa shape index (κ1) is 23.1. The van der Waals surface area contributed by atoms with Gasteiger partial charge in [-0.05, 0) is 38.1 Å². The number of hydrogen-bond donors (Lipinski definition) is 2. The summed E-state index contributed by atoms with van der Waals surface area (Å²) in [4.78, 5) is 6.74. The number of rotatable bonds is 9. The van der Waals surface area contributed by atoms with Gasteiger partial charge in [-0.1, -0.05) is 12.1 Å². The van der Waals surface area contributed by atoms with E-state index in [9.17, 15) is 4.39 Å². The predicted molar refractivity (Wildman–Crippen MR) is 109 cm³/mol. The molecule has 0 saturated heterocycles. The Bertz CT molecular complexity index is 499. The van der Waals surface area contributed by atoms with Crippen LogP contribution in [0, 0.1) is 12.7 Å². The van der Waals surface area contributed by atoms with Crippen molar-refractivity contribution in [2.75, 3.05) is 46.9 Å². The van der Waals surface area contributed by atoms with Crippen molar-refractivity contribution in [3.05, 3.63) is 35.1 Å². The molecular formula is C17H30FIN4O. The topological polar surface area (TPSA) is 48.9 Å². The standard InChI is InChI=1S/C17H29FN4O.HI/c1-5-19-17(20-8-9-22(3)10-11-23-4)21-13-15-6-7-16(18)14(2)12-15;/h6-7,12H,5,8-11,13H2,1-4H3,(H2,19,20,21);1H. The van der Waals surface area contributed by atoms with Crippen molar-refractivity contribution >= 4 is 29.9 Å². The van der Waals surface area contributed by atoms with Crippen molar-refractivity contribution in [3.8, 4) is 0 Å².